The summed E-state index contributed by atoms with van der Waals surface area (Å²) in [5.41, 5.74) is -0.200. The molecule has 6 heteroatoms. The van der Waals surface area contributed by atoms with E-state index < -0.39 is 16.6 Å². The number of para-hydroxylation sites is 1. The number of benzene rings is 1. The van der Waals surface area contributed by atoms with Gasteiger partial charge in [0, 0.05) is 6.07 Å². The molecule has 1 atom stereocenters. The van der Waals surface area contributed by atoms with Crippen LogP contribution in [0.25, 0.3) is 0 Å². The van der Waals surface area contributed by atoms with Gasteiger partial charge in [-0.1, -0.05) is 19.9 Å². The zero-order valence-corrected chi connectivity index (χ0v) is 11.6. The van der Waals surface area contributed by atoms with Gasteiger partial charge < -0.3 is 4.74 Å². The molecular weight excluding hydrogens is 260 g/mol. The summed E-state index contributed by atoms with van der Waals surface area (Å²) in [6.07, 6.45) is 0.404. The fraction of sp³-hybridized carbons (Fsp3) is 0.429. The third-order valence-corrected chi connectivity index (χ3v) is 2.84. The molecule has 1 unspecified atom stereocenters. The number of methoxy groups -OCH3 is 1. The Morgan fingerprint density at radius 3 is 2.60 bits per heavy atom. The molecule has 0 N–H and O–H groups in total. The highest BCUT2D eigenvalue weighted by atomic mass is 16.6. The van der Waals surface area contributed by atoms with Crippen molar-refractivity contribution in [3.63, 3.8) is 0 Å². The van der Waals surface area contributed by atoms with E-state index in [2.05, 4.69) is 0 Å². The van der Waals surface area contributed by atoms with E-state index in [4.69, 9.17) is 10.00 Å². The zero-order chi connectivity index (χ0) is 15.3. The molecule has 0 aliphatic rings. The van der Waals surface area contributed by atoms with Gasteiger partial charge in [0.1, 0.15) is 5.92 Å². The maximum absolute atomic E-state index is 12.3. The van der Waals surface area contributed by atoms with Crippen LogP contribution in [0.3, 0.4) is 0 Å². The minimum absolute atomic E-state index is 0.0777. The molecule has 0 saturated carbocycles. The van der Waals surface area contributed by atoms with E-state index in [-0.39, 0.29) is 22.9 Å². The van der Waals surface area contributed by atoms with Gasteiger partial charge in [-0.3, -0.25) is 14.9 Å². The third-order valence-electron chi connectivity index (χ3n) is 2.84. The Labute approximate surface area is 117 Å². The highest BCUT2D eigenvalue weighted by Gasteiger charge is 2.28. The van der Waals surface area contributed by atoms with E-state index in [0.717, 1.165) is 0 Å². The smallest absolute Gasteiger partial charge is 0.311 e. The molecule has 0 fully saturated rings. The molecule has 0 amide bonds. The van der Waals surface area contributed by atoms with Crippen LogP contribution >= 0.6 is 0 Å². The molecule has 0 bridgehead atoms. The van der Waals surface area contributed by atoms with Crippen molar-refractivity contribution >= 4 is 11.5 Å². The lowest BCUT2D eigenvalue weighted by atomic mass is 9.90. The number of nitrogens with zero attached hydrogens (tertiary/aromatic N) is 2. The first-order valence-corrected chi connectivity index (χ1v) is 6.17. The number of carbonyl (C=O) groups is 1. The molecule has 0 heterocycles. The SMILES string of the molecule is COc1c(C(=O)C(C#N)CC(C)C)cccc1[N+](=O)[O-]. The van der Waals surface area contributed by atoms with E-state index in [9.17, 15) is 14.9 Å². The van der Waals surface area contributed by atoms with Gasteiger partial charge in [-0.05, 0) is 18.4 Å². The summed E-state index contributed by atoms with van der Waals surface area (Å²) in [4.78, 5) is 22.7. The number of Topliss-reactive ketones (excluding diaryl/α,β-unsaturated/α-hetero) is 1. The number of nitro benzene ring substituents is 1. The Bertz CT molecular complexity index is 561. The van der Waals surface area contributed by atoms with Gasteiger partial charge >= 0.3 is 5.69 Å². The Hall–Kier alpha value is -2.42. The molecule has 0 aromatic heterocycles. The predicted molar refractivity (Wildman–Crippen MR) is 72.5 cm³/mol. The van der Waals surface area contributed by atoms with Crippen molar-refractivity contribution in [1.82, 2.24) is 0 Å². The number of nitriles is 1. The molecule has 1 aromatic rings. The predicted octanol–water partition coefficient (Wildman–Crippen LogP) is 2.97. The molecule has 0 radical (unpaired) electrons. The Kier molecular flexibility index (Phi) is 5.21. The number of hydrogen-bond acceptors (Lipinski definition) is 5. The van der Waals surface area contributed by atoms with Crippen LogP contribution in [0.1, 0.15) is 30.6 Å². The second-order valence-electron chi connectivity index (χ2n) is 4.79. The number of carbonyl (C=O) groups excluding carboxylic acids is 1. The van der Waals surface area contributed by atoms with Crippen molar-refractivity contribution in [1.29, 1.82) is 5.26 Å². The molecule has 1 aromatic carbocycles. The highest BCUT2D eigenvalue weighted by molar-refractivity contribution is 6.02. The van der Waals surface area contributed by atoms with Gasteiger partial charge in [0.05, 0.1) is 23.7 Å². The van der Waals surface area contributed by atoms with E-state index in [1.807, 2.05) is 19.9 Å². The van der Waals surface area contributed by atoms with E-state index in [1.165, 1.54) is 25.3 Å². The van der Waals surface area contributed by atoms with Crippen molar-refractivity contribution < 1.29 is 14.5 Å². The van der Waals surface area contributed by atoms with Gasteiger partial charge in [0.25, 0.3) is 0 Å². The van der Waals surface area contributed by atoms with Crippen molar-refractivity contribution in [3.8, 4) is 11.8 Å². The van der Waals surface area contributed by atoms with Crippen LogP contribution in [0, 0.1) is 33.3 Å². The molecule has 20 heavy (non-hydrogen) atoms. The van der Waals surface area contributed by atoms with Crippen LogP contribution in [0.15, 0.2) is 18.2 Å². The average Bonchev–Trinajstić information content (AvgIpc) is 2.42. The monoisotopic (exact) mass is 276 g/mol. The standard InChI is InChI=1S/C14H16N2O4/c1-9(2)7-10(8-15)13(17)11-5-4-6-12(16(18)19)14(11)20-3/h4-6,9-10H,7H2,1-3H3. The van der Waals surface area contributed by atoms with Crippen molar-refractivity contribution in [2.45, 2.75) is 20.3 Å². The first-order valence-electron chi connectivity index (χ1n) is 6.17. The molecule has 6 nitrogen and oxygen atoms in total. The minimum atomic E-state index is -0.828. The van der Waals surface area contributed by atoms with Crippen molar-refractivity contribution in [2.24, 2.45) is 11.8 Å². The second kappa shape index (κ2) is 6.66. The van der Waals surface area contributed by atoms with Crippen molar-refractivity contribution in [2.75, 3.05) is 7.11 Å². The molecule has 0 saturated heterocycles. The van der Waals surface area contributed by atoms with Gasteiger partial charge in [0.2, 0.25) is 5.75 Å². The molecule has 0 spiro atoms. The maximum Gasteiger partial charge on any atom is 0.311 e. The first-order chi connectivity index (χ1) is 9.42. The van der Waals surface area contributed by atoms with E-state index in [0.29, 0.717) is 6.42 Å². The van der Waals surface area contributed by atoms with Crippen LogP contribution in [0.5, 0.6) is 5.75 Å². The van der Waals surface area contributed by atoms with Crippen LogP contribution in [-0.2, 0) is 0 Å². The van der Waals surface area contributed by atoms with E-state index in [1.54, 1.807) is 0 Å². The third kappa shape index (κ3) is 3.32. The van der Waals surface area contributed by atoms with E-state index >= 15 is 0 Å². The largest absolute Gasteiger partial charge is 0.490 e. The Morgan fingerprint density at radius 1 is 1.50 bits per heavy atom. The topological polar surface area (TPSA) is 93.2 Å². The average molecular weight is 276 g/mol. The normalized spacial score (nSPS) is 11.8. The van der Waals surface area contributed by atoms with Gasteiger partial charge in [-0.2, -0.15) is 5.26 Å². The lowest BCUT2D eigenvalue weighted by Crippen LogP contribution is -2.16. The van der Waals surface area contributed by atoms with Gasteiger partial charge in [-0.15, -0.1) is 0 Å². The summed E-state index contributed by atoms with van der Waals surface area (Å²) < 4.78 is 4.99. The summed E-state index contributed by atoms with van der Waals surface area (Å²) >= 11 is 0. The number of nitro groups is 1. The maximum atomic E-state index is 12.3. The van der Waals surface area contributed by atoms with Crippen molar-refractivity contribution in [3.05, 3.63) is 33.9 Å². The lowest BCUT2D eigenvalue weighted by Gasteiger charge is -2.13. The quantitative estimate of drug-likeness (QED) is 0.452. The Balaban J connectivity index is 3.25. The van der Waals surface area contributed by atoms with Gasteiger partial charge in [-0.25, -0.2) is 0 Å². The summed E-state index contributed by atoms with van der Waals surface area (Å²) in [6.45, 7) is 3.81. The summed E-state index contributed by atoms with van der Waals surface area (Å²) in [5.74, 6) is -1.19. The molecule has 0 aliphatic carbocycles. The second-order valence-corrected chi connectivity index (χ2v) is 4.79. The molecule has 1 rings (SSSR count). The number of rotatable bonds is 6. The molecular formula is C14H16N2O4. The zero-order valence-electron chi connectivity index (χ0n) is 11.6. The van der Waals surface area contributed by atoms with Crippen LogP contribution < -0.4 is 4.74 Å². The number of ether oxygens (including phenoxy) is 1. The number of ketones is 1. The first kappa shape index (κ1) is 15.6. The molecule has 106 valence electrons. The fourth-order valence-corrected chi connectivity index (χ4v) is 1.95. The summed E-state index contributed by atoms with van der Waals surface area (Å²) in [6, 6.07) is 6.08. The number of hydrogen-bond donors (Lipinski definition) is 0. The van der Waals surface area contributed by atoms with Crippen LogP contribution in [0.2, 0.25) is 0 Å². The van der Waals surface area contributed by atoms with Crippen LogP contribution in [0.4, 0.5) is 5.69 Å². The van der Waals surface area contributed by atoms with Crippen LogP contribution in [-0.4, -0.2) is 17.8 Å². The lowest BCUT2D eigenvalue weighted by molar-refractivity contribution is -0.385. The fourth-order valence-electron chi connectivity index (χ4n) is 1.95. The van der Waals surface area contributed by atoms with Gasteiger partial charge in [0.15, 0.2) is 5.78 Å². The summed E-state index contributed by atoms with van der Waals surface area (Å²) in [5, 5.41) is 20.0. The summed E-state index contributed by atoms with van der Waals surface area (Å²) in [7, 11) is 1.27. The Morgan fingerprint density at radius 2 is 2.15 bits per heavy atom. The minimum Gasteiger partial charge on any atom is -0.490 e. The highest BCUT2D eigenvalue weighted by Crippen LogP contribution is 2.32. The molecule has 0 aliphatic heterocycles.